The van der Waals surface area contributed by atoms with Crippen LogP contribution in [0.2, 0.25) is 0 Å². The summed E-state index contributed by atoms with van der Waals surface area (Å²) in [5.74, 6) is 1.90. The Morgan fingerprint density at radius 3 is 2.25 bits per heavy atom. The molecule has 0 saturated heterocycles. The molecule has 0 amide bonds. The Hall–Kier alpha value is 0.170. The van der Waals surface area contributed by atoms with Crippen LogP contribution < -0.4 is 0 Å². The summed E-state index contributed by atoms with van der Waals surface area (Å²) in [5, 5.41) is 0. The van der Waals surface area contributed by atoms with Crippen molar-refractivity contribution in [2.24, 2.45) is 0 Å². The minimum Gasteiger partial charge on any atom is -0.102 e. The summed E-state index contributed by atoms with van der Waals surface area (Å²) >= 11 is 0. The summed E-state index contributed by atoms with van der Waals surface area (Å²) in [7, 11) is 0.904. The van der Waals surface area contributed by atoms with E-state index >= 15 is 0 Å². The molecule has 0 bridgehead atoms. The van der Waals surface area contributed by atoms with Crippen molar-refractivity contribution in [1.82, 2.24) is 0 Å². The Kier molecular flexibility index (Phi) is 3.30. The molecule has 24 valence electrons. The fourth-order valence-corrected chi connectivity index (χ4v) is 0. The molecule has 0 aliphatic rings. The monoisotopic (exact) mass is 74.0 g/mol. The van der Waals surface area contributed by atoms with E-state index in [2.05, 4.69) is 13.2 Å². The van der Waals surface area contributed by atoms with Gasteiger partial charge in [0, 0.05) is 0 Å². The highest BCUT2D eigenvalue weighted by molar-refractivity contribution is 7.40. The molecular weight excluding hydrogens is 67.0 g/mol. The summed E-state index contributed by atoms with van der Waals surface area (Å²) in [6, 6.07) is 0. The molecule has 0 spiro atoms. The van der Waals surface area contributed by atoms with Crippen molar-refractivity contribution in [2.45, 2.75) is 0 Å². The molecule has 4 heavy (non-hydrogen) atoms. The predicted octanol–water partition coefficient (Wildman–Crippen LogP) is 1.44. The van der Waals surface area contributed by atoms with Gasteiger partial charge in [-0.3, -0.25) is 0 Å². The fourth-order valence-electron chi connectivity index (χ4n) is 0. The maximum atomic E-state index is 3.49. The van der Waals surface area contributed by atoms with E-state index in [0.29, 0.717) is 0 Å². The van der Waals surface area contributed by atoms with E-state index in [4.69, 9.17) is 0 Å². The van der Waals surface area contributed by atoms with Crippen molar-refractivity contribution in [2.75, 3.05) is 6.66 Å². The zero-order valence-corrected chi connectivity index (χ0v) is 3.78. The maximum absolute atomic E-state index is 3.49. The van der Waals surface area contributed by atoms with Crippen LogP contribution in [0.25, 0.3) is 0 Å². The molecule has 0 aliphatic heterocycles. The van der Waals surface area contributed by atoms with Gasteiger partial charge in [-0.2, -0.15) is 0 Å². The van der Waals surface area contributed by atoms with Crippen molar-refractivity contribution in [3.63, 3.8) is 0 Å². The fraction of sp³-hybridized carbons (Fsp3) is 0.333. The van der Waals surface area contributed by atoms with Gasteiger partial charge >= 0.3 is 0 Å². The van der Waals surface area contributed by atoms with E-state index in [-0.39, 0.29) is 0 Å². The Bertz CT molecular complexity index is 17.2. The van der Waals surface area contributed by atoms with Gasteiger partial charge in [0.2, 0.25) is 0 Å². The molecule has 0 rings (SSSR count). The maximum Gasteiger partial charge on any atom is -0.0438 e. The SMILES string of the molecule is C=CPC. The lowest BCUT2D eigenvalue weighted by Gasteiger charge is -1.59. The first-order valence-electron chi connectivity index (χ1n) is 1.20. The molecule has 1 atom stereocenters. The van der Waals surface area contributed by atoms with Crippen molar-refractivity contribution in [3.05, 3.63) is 12.4 Å². The molecule has 0 aromatic heterocycles. The third-order valence-electron chi connectivity index (χ3n) is 0.204. The van der Waals surface area contributed by atoms with Crippen LogP contribution in [0, 0.1) is 0 Å². The van der Waals surface area contributed by atoms with Crippen LogP contribution in [0.4, 0.5) is 0 Å². The van der Waals surface area contributed by atoms with E-state index in [9.17, 15) is 0 Å². The van der Waals surface area contributed by atoms with Crippen molar-refractivity contribution < 1.29 is 0 Å². The topological polar surface area (TPSA) is 0 Å². The molecule has 0 radical (unpaired) electrons. The lowest BCUT2D eigenvalue weighted by atomic mass is 11.3. The zero-order valence-electron chi connectivity index (χ0n) is 2.78. The van der Waals surface area contributed by atoms with Gasteiger partial charge < -0.3 is 0 Å². The van der Waals surface area contributed by atoms with Crippen LogP contribution in [0.15, 0.2) is 12.4 Å². The van der Waals surface area contributed by atoms with Gasteiger partial charge in [0.1, 0.15) is 0 Å². The molecule has 0 saturated carbocycles. The smallest absolute Gasteiger partial charge is 0.0438 e. The first-order chi connectivity index (χ1) is 1.91. The second-order valence-corrected chi connectivity index (χ2v) is 1.48. The quantitative estimate of drug-likeness (QED) is 0.413. The van der Waals surface area contributed by atoms with E-state index < -0.39 is 0 Å². The minimum absolute atomic E-state index is 0.904. The standard InChI is InChI=1S/C3H7P/c1-3-4-2/h3-4H,1H2,2H3. The molecule has 0 nitrogen and oxygen atoms in total. The van der Waals surface area contributed by atoms with E-state index in [0.717, 1.165) is 8.58 Å². The first kappa shape index (κ1) is 4.17. The Balaban J connectivity index is 2.30. The molecule has 0 aromatic carbocycles. The van der Waals surface area contributed by atoms with Gasteiger partial charge in [0.15, 0.2) is 0 Å². The van der Waals surface area contributed by atoms with E-state index in [1.807, 2.05) is 5.82 Å². The molecule has 0 aliphatic carbocycles. The van der Waals surface area contributed by atoms with Gasteiger partial charge in [0.25, 0.3) is 0 Å². The molecule has 0 fully saturated rings. The average molecular weight is 74.1 g/mol. The zero-order chi connectivity index (χ0) is 3.41. The molecule has 0 N–H and O–H groups in total. The average Bonchev–Trinajstić information content (AvgIpc) is 1.37. The molecule has 1 unspecified atom stereocenters. The number of hydrogen-bond donors (Lipinski definition) is 0. The second-order valence-electron chi connectivity index (χ2n) is 0.493. The third kappa shape index (κ3) is 2.17. The summed E-state index contributed by atoms with van der Waals surface area (Å²) in [6.45, 7) is 5.58. The third-order valence-corrected chi connectivity index (χ3v) is 0.612. The van der Waals surface area contributed by atoms with Crippen LogP contribution in [0.5, 0.6) is 0 Å². The molecule has 0 heterocycles. The highest BCUT2D eigenvalue weighted by Gasteiger charge is 1.43. The lowest BCUT2D eigenvalue weighted by Crippen LogP contribution is -1.19. The van der Waals surface area contributed by atoms with Crippen LogP contribution >= 0.6 is 8.58 Å². The Morgan fingerprint density at radius 2 is 2.25 bits per heavy atom. The van der Waals surface area contributed by atoms with E-state index in [1.165, 1.54) is 0 Å². The largest absolute Gasteiger partial charge is 0.102 e. The highest BCUT2D eigenvalue weighted by atomic mass is 31.1. The molecular formula is C3H7P. The van der Waals surface area contributed by atoms with E-state index in [1.54, 1.807) is 0 Å². The first-order valence-corrected chi connectivity index (χ1v) is 2.77. The Morgan fingerprint density at radius 1 is 2.00 bits per heavy atom. The normalized spacial score (nSPS) is 9.25. The van der Waals surface area contributed by atoms with Gasteiger partial charge in [-0.05, 0) is 6.66 Å². The second kappa shape index (κ2) is 3.17. The predicted molar refractivity (Wildman–Crippen MR) is 24.4 cm³/mol. The summed E-state index contributed by atoms with van der Waals surface area (Å²) in [6.07, 6.45) is 0. The van der Waals surface area contributed by atoms with Crippen molar-refractivity contribution in [1.29, 1.82) is 0 Å². The van der Waals surface area contributed by atoms with Crippen LogP contribution in [0.3, 0.4) is 0 Å². The lowest BCUT2D eigenvalue weighted by molar-refractivity contribution is 2.41. The van der Waals surface area contributed by atoms with Crippen molar-refractivity contribution in [3.8, 4) is 0 Å². The number of rotatable bonds is 1. The summed E-state index contributed by atoms with van der Waals surface area (Å²) in [5.41, 5.74) is 0. The Labute approximate surface area is 28.7 Å². The minimum atomic E-state index is 0.904. The summed E-state index contributed by atoms with van der Waals surface area (Å²) in [4.78, 5) is 0. The van der Waals surface area contributed by atoms with Gasteiger partial charge in [-0.25, -0.2) is 0 Å². The van der Waals surface area contributed by atoms with Crippen LogP contribution in [-0.4, -0.2) is 6.66 Å². The van der Waals surface area contributed by atoms with Gasteiger partial charge in [-0.15, -0.1) is 8.58 Å². The molecule has 0 aromatic rings. The molecule has 1 heteroatoms. The number of hydrogen-bond acceptors (Lipinski definition) is 0. The van der Waals surface area contributed by atoms with Gasteiger partial charge in [-0.1, -0.05) is 12.4 Å². The van der Waals surface area contributed by atoms with Crippen LogP contribution in [-0.2, 0) is 0 Å². The van der Waals surface area contributed by atoms with Gasteiger partial charge in [0.05, 0.1) is 0 Å². The summed E-state index contributed by atoms with van der Waals surface area (Å²) < 4.78 is 0. The highest BCUT2D eigenvalue weighted by Crippen LogP contribution is 1.97. The van der Waals surface area contributed by atoms with Crippen LogP contribution in [0.1, 0.15) is 0 Å². The van der Waals surface area contributed by atoms with Crippen molar-refractivity contribution >= 4 is 8.58 Å².